The van der Waals surface area contributed by atoms with Crippen LogP contribution in [0.15, 0.2) is 24.3 Å². The quantitative estimate of drug-likeness (QED) is 0.836. The zero-order valence-corrected chi connectivity index (χ0v) is 12.5. The predicted molar refractivity (Wildman–Crippen MR) is 82.2 cm³/mol. The summed E-state index contributed by atoms with van der Waals surface area (Å²) in [6, 6.07) is 7.95. The number of carbonyl (C=O) groups is 1. The van der Waals surface area contributed by atoms with E-state index in [2.05, 4.69) is 21.9 Å². The van der Waals surface area contributed by atoms with Gasteiger partial charge in [0.25, 0.3) is 0 Å². The minimum absolute atomic E-state index is 0.303. The number of halogens is 1. The van der Waals surface area contributed by atoms with Crippen molar-refractivity contribution >= 4 is 23.2 Å². The van der Waals surface area contributed by atoms with E-state index in [0.717, 1.165) is 44.0 Å². The molecule has 0 aromatic heterocycles. The summed E-state index contributed by atoms with van der Waals surface area (Å²) in [4.78, 5) is 16.8. The van der Waals surface area contributed by atoms with Crippen LogP contribution in [0.2, 0.25) is 5.02 Å². The van der Waals surface area contributed by atoms with E-state index in [4.69, 9.17) is 11.6 Å². The summed E-state index contributed by atoms with van der Waals surface area (Å²) in [5, 5.41) is 0.767. The van der Waals surface area contributed by atoms with E-state index in [1.54, 1.807) is 0 Å². The Morgan fingerprint density at radius 1 is 1.00 bits per heavy atom. The van der Waals surface area contributed by atoms with Crippen LogP contribution < -0.4 is 4.90 Å². The molecule has 0 atom stereocenters. The summed E-state index contributed by atoms with van der Waals surface area (Å²) < 4.78 is 0. The third kappa shape index (κ3) is 2.93. The fourth-order valence-corrected chi connectivity index (χ4v) is 3.39. The third-order valence-electron chi connectivity index (χ3n) is 4.49. The Morgan fingerprint density at radius 3 is 2.20 bits per heavy atom. The maximum Gasteiger partial charge on any atom is 0.225 e. The molecule has 0 spiro atoms. The van der Waals surface area contributed by atoms with Gasteiger partial charge in [0.1, 0.15) is 0 Å². The molecular formula is C16H21ClN2O. The molecule has 0 radical (unpaired) electrons. The molecular weight excluding hydrogens is 272 g/mol. The second kappa shape index (κ2) is 6.04. The monoisotopic (exact) mass is 292 g/mol. The van der Waals surface area contributed by atoms with Gasteiger partial charge in [-0.3, -0.25) is 4.79 Å². The Morgan fingerprint density at radius 2 is 1.60 bits per heavy atom. The van der Waals surface area contributed by atoms with Crippen LogP contribution in [0.5, 0.6) is 0 Å². The molecule has 0 N–H and O–H groups in total. The highest BCUT2D eigenvalue weighted by molar-refractivity contribution is 6.30. The van der Waals surface area contributed by atoms with Crippen molar-refractivity contribution in [3.8, 4) is 0 Å². The van der Waals surface area contributed by atoms with Gasteiger partial charge in [0.15, 0.2) is 0 Å². The van der Waals surface area contributed by atoms with Crippen molar-refractivity contribution in [2.45, 2.75) is 25.7 Å². The van der Waals surface area contributed by atoms with Gasteiger partial charge in [-0.1, -0.05) is 24.4 Å². The van der Waals surface area contributed by atoms with Gasteiger partial charge in [-0.15, -0.1) is 0 Å². The van der Waals surface area contributed by atoms with Gasteiger partial charge >= 0.3 is 0 Å². The Balaban J connectivity index is 1.56. The molecule has 1 saturated carbocycles. The number of hydrogen-bond acceptors (Lipinski definition) is 2. The van der Waals surface area contributed by atoms with Gasteiger partial charge in [-0.25, -0.2) is 0 Å². The highest BCUT2D eigenvalue weighted by Crippen LogP contribution is 2.27. The van der Waals surface area contributed by atoms with E-state index in [9.17, 15) is 4.79 Å². The summed E-state index contributed by atoms with van der Waals surface area (Å²) in [6.07, 6.45) is 4.63. The molecule has 20 heavy (non-hydrogen) atoms. The van der Waals surface area contributed by atoms with E-state index in [1.165, 1.54) is 18.5 Å². The van der Waals surface area contributed by atoms with Gasteiger partial charge in [0.2, 0.25) is 5.91 Å². The third-order valence-corrected chi connectivity index (χ3v) is 4.74. The van der Waals surface area contributed by atoms with Gasteiger partial charge in [0, 0.05) is 42.8 Å². The minimum Gasteiger partial charge on any atom is -0.368 e. The van der Waals surface area contributed by atoms with Crippen LogP contribution in [0, 0.1) is 5.92 Å². The van der Waals surface area contributed by atoms with Crippen molar-refractivity contribution in [2.75, 3.05) is 31.1 Å². The summed E-state index contributed by atoms with van der Waals surface area (Å²) in [5.41, 5.74) is 1.20. The summed E-state index contributed by atoms with van der Waals surface area (Å²) in [5.74, 6) is 0.690. The molecule has 3 rings (SSSR count). The fraction of sp³-hybridized carbons (Fsp3) is 0.562. The Hall–Kier alpha value is -1.22. The topological polar surface area (TPSA) is 23.6 Å². The van der Waals surface area contributed by atoms with Crippen LogP contribution in [-0.2, 0) is 4.79 Å². The first kappa shape index (κ1) is 13.7. The van der Waals surface area contributed by atoms with Crippen LogP contribution in [0.1, 0.15) is 25.7 Å². The van der Waals surface area contributed by atoms with Crippen molar-refractivity contribution in [1.82, 2.24) is 4.90 Å². The van der Waals surface area contributed by atoms with Gasteiger partial charge < -0.3 is 9.80 Å². The van der Waals surface area contributed by atoms with Crippen LogP contribution in [0.4, 0.5) is 5.69 Å². The van der Waals surface area contributed by atoms with Crippen molar-refractivity contribution in [3.05, 3.63) is 29.3 Å². The predicted octanol–water partition coefficient (Wildman–Crippen LogP) is 3.18. The van der Waals surface area contributed by atoms with E-state index < -0.39 is 0 Å². The first-order valence-electron chi connectivity index (χ1n) is 7.53. The number of benzene rings is 1. The second-order valence-electron chi connectivity index (χ2n) is 5.77. The second-order valence-corrected chi connectivity index (χ2v) is 6.21. The van der Waals surface area contributed by atoms with Crippen molar-refractivity contribution < 1.29 is 4.79 Å². The number of hydrogen-bond donors (Lipinski definition) is 0. The lowest BCUT2D eigenvalue weighted by Crippen LogP contribution is -2.50. The molecule has 1 heterocycles. The highest BCUT2D eigenvalue weighted by Gasteiger charge is 2.29. The molecule has 1 aromatic rings. The minimum atomic E-state index is 0.303. The summed E-state index contributed by atoms with van der Waals surface area (Å²) >= 11 is 5.92. The fourth-order valence-electron chi connectivity index (χ4n) is 3.27. The summed E-state index contributed by atoms with van der Waals surface area (Å²) in [7, 11) is 0. The Labute approximate surface area is 125 Å². The standard InChI is InChI=1S/C16H21ClN2O/c17-14-5-7-15(8-6-14)18-9-11-19(12-10-18)16(20)13-3-1-2-4-13/h5-8,13H,1-4,9-12H2. The lowest BCUT2D eigenvalue weighted by atomic mass is 10.1. The van der Waals surface area contributed by atoms with E-state index >= 15 is 0 Å². The normalized spacial score (nSPS) is 20.4. The lowest BCUT2D eigenvalue weighted by molar-refractivity contribution is -0.135. The van der Waals surface area contributed by atoms with Gasteiger partial charge in [-0.2, -0.15) is 0 Å². The van der Waals surface area contributed by atoms with Crippen LogP contribution in [0.3, 0.4) is 0 Å². The maximum absolute atomic E-state index is 12.4. The van der Waals surface area contributed by atoms with E-state index in [-0.39, 0.29) is 0 Å². The molecule has 1 aliphatic carbocycles. The van der Waals surface area contributed by atoms with Gasteiger partial charge in [0.05, 0.1) is 0 Å². The van der Waals surface area contributed by atoms with Crippen molar-refractivity contribution in [2.24, 2.45) is 5.92 Å². The average molecular weight is 293 g/mol. The smallest absolute Gasteiger partial charge is 0.225 e. The van der Waals surface area contributed by atoms with Crippen LogP contribution >= 0.6 is 11.6 Å². The summed E-state index contributed by atoms with van der Waals surface area (Å²) in [6.45, 7) is 3.52. The number of carbonyl (C=O) groups excluding carboxylic acids is 1. The molecule has 2 fully saturated rings. The number of nitrogens with zero attached hydrogens (tertiary/aromatic N) is 2. The van der Waals surface area contributed by atoms with Crippen LogP contribution in [0.25, 0.3) is 0 Å². The highest BCUT2D eigenvalue weighted by atomic mass is 35.5. The maximum atomic E-state index is 12.4. The van der Waals surface area contributed by atoms with E-state index in [1.807, 2.05) is 12.1 Å². The molecule has 108 valence electrons. The SMILES string of the molecule is O=C(C1CCCC1)N1CCN(c2ccc(Cl)cc2)CC1. The molecule has 0 bridgehead atoms. The van der Waals surface area contributed by atoms with Crippen molar-refractivity contribution in [1.29, 1.82) is 0 Å². The number of anilines is 1. The zero-order valence-electron chi connectivity index (χ0n) is 11.7. The molecule has 4 heteroatoms. The average Bonchev–Trinajstić information content (AvgIpc) is 3.02. The molecule has 3 nitrogen and oxygen atoms in total. The van der Waals surface area contributed by atoms with Crippen LogP contribution in [-0.4, -0.2) is 37.0 Å². The molecule has 1 aromatic carbocycles. The molecule has 1 amide bonds. The van der Waals surface area contributed by atoms with Gasteiger partial charge in [-0.05, 0) is 37.1 Å². The first-order valence-corrected chi connectivity index (χ1v) is 7.91. The molecule has 0 unspecified atom stereocenters. The largest absolute Gasteiger partial charge is 0.368 e. The van der Waals surface area contributed by atoms with Crippen molar-refractivity contribution in [3.63, 3.8) is 0 Å². The molecule has 2 aliphatic rings. The Bertz CT molecular complexity index is 460. The Kier molecular flexibility index (Phi) is 4.16. The molecule has 1 aliphatic heterocycles. The lowest BCUT2D eigenvalue weighted by Gasteiger charge is -2.37. The first-order chi connectivity index (χ1) is 9.74. The number of amides is 1. The zero-order chi connectivity index (χ0) is 13.9. The molecule has 1 saturated heterocycles. The number of piperazine rings is 1. The number of rotatable bonds is 2. The van der Waals surface area contributed by atoms with E-state index in [0.29, 0.717) is 11.8 Å².